The Morgan fingerprint density at radius 2 is 2.15 bits per heavy atom. The molecule has 1 fully saturated rings. The second-order valence-corrected chi connectivity index (χ2v) is 4.75. The van der Waals surface area contributed by atoms with E-state index in [2.05, 4.69) is 0 Å². The molecule has 0 aliphatic carbocycles. The molecule has 0 bridgehead atoms. The van der Waals surface area contributed by atoms with Gasteiger partial charge in [0.2, 0.25) is 5.91 Å². The first kappa shape index (κ1) is 14.2. The van der Waals surface area contributed by atoms with E-state index in [1.165, 1.54) is 11.0 Å². The van der Waals surface area contributed by atoms with Crippen molar-refractivity contribution in [1.29, 1.82) is 0 Å². The van der Waals surface area contributed by atoms with Crippen molar-refractivity contribution in [2.75, 3.05) is 11.4 Å². The number of carbonyl (C=O) groups excluding carboxylic acids is 2. The lowest BCUT2D eigenvalue weighted by Gasteiger charge is -2.31. The highest BCUT2D eigenvalue weighted by Crippen LogP contribution is 2.32. The van der Waals surface area contributed by atoms with E-state index in [0.29, 0.717) is 25.8 Å². The average molecular weight is 276 g/mol. The summed E-state index contributed by atoms with van der Waals surface area (Å²) in [4.78, 5) is 36.1. The number of amides is 1. The zero-order valence-electron chi connectivity index (χ0n) is 11.2. The molecule has 1 aromatic rings. The van der Waals surface area contributed by atoms with E-state index in [0.717, 1.165) is 0 Å². The van der Waals surface area contributed by atoms with Crippen molar-refractivity contribution >= 4 is 23.1 Å². The van der Waals surface area contributed by atoms with Crippen molar-refractivity contribution in [3.8, 4) is 0 Å². The van der Waals surface area contributed by atoms with E-state index in [1.54, 1.807) is 25.1 Å². The Bertz CT molecular complexity index is 556. The van der Waals surface area contributed by atoms with Gasteiger partial charge in [-0.25, -0.2) is 0 Å². The van der Waals surface area contributed by atoms with Crippen LogP contribution in [0.5, 0.6) is 0 Å². The normalized spacial score (nSPS) is 18.9. The van der Waals surface area contributed by atoms with E-state index in [-0.39, 0.29) is 23.1 Å². The van der Waals surface area contributed by atoms with E-state index in [9.17, 15) is 19.7 Å². The van der Waals surface area contributed by atoms with Gasteiger partial charge >= 0.3 is 0 Å². The molecule has 1 saturated heterocycles. The number of nitro groups is 1. The van der Waals surface area contributed by atoms with Crippen LogP contribution >= 0.6 is 0 Å². The Balaban J connectivity index is 2.35. The Labute approximate surface area is 116 Å². The van der Waals surface area contributed by atoms with Crippen LogP contribution in [0, 0.1) is 16.0 Å². The van der Waals surface area contributed by atoms with Gasteiger partial charge in [-0.3, -0.25) is 19.7 Å². The van der Waals surface area contributed by atoms with Crippen molar-refractivity contribution in [3.63, 3.8) is 0 Å². The molecule has 1 amide bonds. The van der Waals surface area contributed by atoms with Crippen molar-refractivity contribution in [3.05, 3.63) is 34.4 Å². The van der Waals surface area contributed by atoms with Crippen molar-refractivity contribution in [1.82, 2.24) is 0 Å². The van der Waals surface area contributed by atoms with E-state index in [1.807, 2.05) is 0 Å². The van der Waals surface area contributed by atoms with Crippen LogP contribution in [-0.4, -0.2) is 23.2 Å². The molecule has 6 heteroatoms. The molecule has 1 aliphatic rings. The van der Waals surface area contributed by atoms with Gasteiger partial charge in [0, 0.05) is 19.0 Å². The van der Waals surface area contributed by atoms with Gasteiger partial charge in [0.15, 0.2) is 0 Å². The predicted molar refractivity (Wildman–Crippen MR) is 73.5 cm³/mol. The molecule has 0 radical (unpaired) electrons. The largest absolute Gasteiger partial charge is 0.306 e. The molecular formula is C14H16N2O4. The van der Waals surface area contributed by atoms with Crippen LogP contribution in [0.3, 0.4) is 0 Å². The standard InChI is InChI=1S/C14H16N2O4/c1-2-13(17)10-6-5-9-15(14(10)18)11-7-3-4-8-12(11)16(19)20/h3-4,7-8,10H,2,5-6,9H2,1H3/t10-/m0/s1. The Morgan fingerprint density at radius 1 is 1.45 bits per heavy atom. The highest BCUT2D eigenvalue weighted by atomic mass is 16.6. The van der Waals surface area contributed by atoms with Crippen LogP contribution in [0.15, 0.2) is 24.3 Å². The number of hydrogen-bond donors (Lipinski definition) is 0. The molecular weight excluding hydrogens is 260 g/mol. The number of benzene rings is 1. The Morgan fingerprint density at radius 3 is 2.80 bits per heavy atom. The van der Waals surface area contributed by atoms with Crippen molar-refractivity contribution in [2.24, 2.45) is 5.92 Å². The van der Waals surface area contributed by atoms with Gasteiger partial charge in [-0.1, -0.05) is 19.1 Å². The number of para-hydroxylation sites is 2. The lowest BCUT2D eigenvalue weighted by molar-refractivity contribution is -0.384. The second-order valence-electron chi connectivity index (χ2n) is 4.75. The van der Waals surface area contributed by atoms with Crippen LogP contribution in [0.4, 0.5) is 11.4 Å². The van der Waals surface area contributed by atoms with Gasteiger partial charge in [-0.2, -0.15) is 0 Å². The van der Waals surface area contributed by atoms with Crippen LogP contribution in [0.2, 0.25) is 0 Å². The lowest BCUT2D eigenvalue weighted by Crippen LogP contribution is -2.44. The van der Waals surface area contributed by atoms with Gasteiger partial charge in [0.25, 0.3) is 5.69 Å². The lowest BCUT2D eigenvalue weighted by atomic mass is 9.91. The first-order valence-corrected chi connectivity index (χ1v) is 6.63. The van der Waals surface area contributed by atoms with Gasteiger partial charge in [-0.05, 0) is 18.9 Å². The summed E-state index contributed by atoms with van der Waals surface area (Å²) in [6, 6.07) is 6.13. The third-order valence-electron chi connectivity index (χ3n) is 3.54. The van der Waals surface area contributed by atoms with E-state index >= 15 is 0 Å². The summed E-state index contributed by atoms with van der Waals surface area (Å²) in [7, 11) is 0. The van der Waals surface area contributed by atoms with Gasteiger partial charge in [0.1, 0.15) is 11.5 Å². The van der Waals surface area contributed by atoms with E-state index < -0.39 is 10.8 Å². The molecule has 0 aromatic heterocycles. The summed E-state index contributed by atoms with van der Waals surface area (Å²) < 4.78 is 0. The molecule has 1 aromatic carbocycles. The minimum Gasteiger partial charge on any atom is -0.306 e. The number of rotatable bonds is 4. The molecule has 20 heavy (non-hydrogen) atoms. The molecule has 0 N–H and O–H groups in total. The number of carbonyl (C=O) groups is 2. The van der Waals surface area contributed by atoms with Crippen LogP contribution in [0.25, 0.3) is 0 Å². The number of hydrogen-bond acceptors (Lipinski definition) is 4. The van der Waals surface area contributed by atoms with Gasteiger partial charge in [-0.15, -0.1) is 0 Å². The molecule has 1 heterocycles. The summed E-state index contributed by atoms with van der Waals surface area (Å²) in [6.45, 7) is 2.14. The molecule has 6 nitrogen and oxygen atoms in total. The summed E-state index contributed by atoms with van der Waals surface area (Å²) >= 11 is 0. The maximum Gasteiger partial charge on any atom is 0.292 e. The van der Waals surface area contributed by atoms with Crippen LogP contribution in [-0.2, 0) is 9.59 Å². The number of nitro benzene ring substituents is 1. The Hall–Kier alpha value is -2.24. The summed E-state index contributed by atoms with van der Waals surface area (Å²) in [5.74, 6) is -1.08. The minimum atomic E-state index is -0.659. The number of piperidine rings is 1. The van der Waals surface area contributed by atoms with Crippen molar-refractivity contribution < 1.29 is 14.5 Å². The third kappa shape index (κ3) is 2.54. The fourth-order valence-electron chi connectivity index (χ4n) is 2.51. The molecule has 1 aliphatic heterocycles. The molecule has 0 saturated carbocycles. The first-order valence-electron chi connectivity index (χ1n) is 6.63. The smallest absolute Gasteiger partial charge is 0.292 e. The number of anilines is 1. The highest BCUT2D eigenvalue weighted by molar-refractivity contribution is 6.09. The van der Waals surface area contributed by atoms with Crippen LogP contribution < -0.4 is 4.90 Å². The maximum atomic E-state index is 12.4. The van der Waals surface area contributed by atoms with Gasteiger partial charge in [0.05, 0.1) is 10.8 Å². The predicted octanol–water partition coefficient (Wildman–Crippen LogP) is 2.32. The SMILES string of the molecule is CCC(=O)[C@@H]1CCCN(c2ccccc2[N+](=O)[O-])C1=O. The maximum absolute atomic E-state index is 12.4. The fraction of sp³-hybridized carbons (Fsp3) is 0.429. The highest BCUT2D eigenvalue weighted by Gasteiger charge is 2.35. The Kier molecular flexibility index (Phi) is 4.12. The monoisotopic (exact) mass is 276 g/mol. The quantitative estimate of drug-likeness (QED) is 0.480. The molecule has 0 unspecified atom stereocenters. The molecule has 1 atom stereocenters. The van der Waals surface area contributed by atoms with Crippen LogP contribution in [0.1, 0.15) is 26.2 Å². The average Bonchev–Trinajstić information content (AvgIpc) is 2.46. The summed E-state index contributed by atoms with van der Waals surface area (Å²) in [6.07, 6.45) is 1.51. The zero-order chi connectivity index (χ0) is 14.7. The minimum absolute atomic E-state index is 0.0988. The van der Waals surface area contributed by atoms with E-state index in [4.69, 9.17) is 0 Å². The number of ketones is 1. The number of nitrogens with zero attached hydrogens (tertiary/aromatic N) is 2. The first-order chi connectivity index (χ1) is 9.56. The summed E-state index contributed by atoms with van der Waals surface area (Å²) in [5, 5.41) is 11.0. The van der Waals surface area contributed by atoms with Gasteiger partial charge < -0.3 is 4.90 Å². The zero-order valence-corrected chi connectivity index (χ0v) is 11.2. The molecule has 0 spiro atoms. The molecule has 106 valence electrons. The topological polar surface area (TPSA) is 80.5 Å². The third-order valence-corrected chi connectivity index (χ3v) is 3.54. The second kappa shape index (κ2) is 5.81. The van der Waals surface area contributed by atoms with Crippen molar-refractivity contribution in [2.45, 2.75) is 26.2 Å². The fourth-order valence-corrected chi connectivity index (χ4v) is 2.51. The number of Topliss-reactive ketones (excluding diaryl/α,β-unsaturated/α-hetero) is 1. The molecule has 2 rings (SSSR count). The summed E-state index contributed by atoms with van der Waals surface area (Å²) in [5.41, 5.74) is 0.168.